The number of carbonyl (C=O) groups is 2. The van der Waals surface area contributed by atoms with Crippen LogP contribution >= 0.6 is 43.6 Å². The first kappa shape index (κ1) is 17.6. The van der Waals surface area contributed by atoms with Crippen molar-refractivity contribution in [2.45, 2.75) is 9.79 Å². The van der Waals surface area contributed by atoms with Crippen LogP contribution in [0, 0.1) is 0 Å². The Morgan fingerprint density at radius 2 is 1.13 bits per heavy atom. The van der Waals surface area contributed by atoms with Crippen LogP contribution in [0.25, 0.3) is 0 Å². The number of rotatable bonds is 4. The van der Waals surface area contributed by atoms with Gasteiger partial charge in [0.25, 0.3) is 0 Å². The summed E-state index contributed by atoms with van der Waals surface area (Å²) in [6, 6.07) is 5.56. The summed E-state index contributed by atoms with van der Waals surface area (Å²) in [6.45, 7) is 0. The zero-order chi connectivity index (χ0) is 17.3. The monoisotopic (exact) mass is 462 g/mol. The van der Waals surface area contributed by atoms with Gasteiger partial charge in [-0.25, -0.2) is 9.59 Å². The normalized spacial score (nSPS) is 10.5. The molecule has 6 nitrogen and oxygen atoms in total. The third-order valence-corrected chi connectivity index (χ3v) is 4.92. The number of aromatic carboxylic acids is 2. The molecule has 4 N–H and O–H groups in total. The lowest BCUT2D eigenvalue weighted by Crippen LogP contribution is -1.98. The van der Waals surface area contributed by atoms with E-state index in [4.69, 9.17) is 10.2 Å². The molecule has 23 heavy (non-hydrogen) atoms. The third-order valence-electron chi connectivity index (χ3n) is 2.77. The van der Waals surface area contributed by atoms with Crippen molar-refractivity contribution < 1.29 is 30.0 Å². The zero-order valence-electron chi connectivity index (χ0n) is 11.1. The second-order valence-electron chi connectivity index (χ2n) is 4.31. The summed E-state index contributed by atoms with van der Waals surface area (Å²) in [4.78, 5) is 23.2. The van der Waals surface area contributed by atoms with E-state index in [0.29, 0.717) is 9.79 Å². The number of aromatic hydroxyl groups is 2. The lowest BCUT2D eigenvalue weighted by Gasteiger charge is -2.09. The minimum absolute atomic E-state index is 0.205. The van der Waals surface area contributed by atoms with Crippen molar-refractivity contribution in [3.05, 3.63) is 44.3 Å². The Kier molecular flexibility index (Phi) is 5.23. The van der Waals surface area contributed by atoms with E-state index in [1.807, 2.05) is 0 Å². The average Bonchev–Trinajstić information content (AvgIpc) is 2.45. The second kappa shape index (κ2) is 6.81. The Morgan fingerprint density at radius 1 is 0.783 bits per heavy atom. The Labute approximate surface area is 151 Å². The molecule has 2 aromatic rings. The highest BCUT2D eigenvalue weighted by Gasteiger charge is 2.17. The van der Waals surface area contributed by atoms with Gasteiger partial charge in [0.15, 0.2) is 0 Å². The van der Waals surface area contributed by atoms with E-state index in [0.717, 1.165) is 11.8 Å². The van der Waals surface area contributed by atoms with Gasteiger partial charge in [-0.1, -0.05) is 11.8 Å². The second-order valence-corrected chi connectivity index (χ2v) is 7.17. The third kappa shape index (κ3) is 3.80. The topological polar surface area (TPSA) is 115 Å². The van der Waals surface area contributed by atoms with Crippen LogP contribution in [0.5, 0.6) is 11.5 Å². The first-order valence-electron chi connectivity index (χ1n) is 5.90. The molecular weight excluding hydrogens is 456 g/mol. The van der Waals surface area contributed by atoms with E-state index in [9.17, 15) is 19.8 Å². The molecule has 0 unspecified atom stereocenters. The average molecular weight is 464 g/mol. The van der Waals surface area contributed by atoms with Crippen molar-refractivity contribution in [2.24, 2.45) is 0 Å². The van der Waals surface area contributed by atoms with Gasteiger partial charge < -0.3 is 20.4 Å². The van der Waals surface area contributed by atoms with Gasteiger partial charge in [0.2, 0.25) is 0 Å². The SMILES string of the molecule is O=C(O)c1cc(Sc2cc(Br)c(O)c(C(=O)O)c2)cc(Br)c1O. The molecule has 2 aromatic carbocycles. The Morgan fingerprint density at radius 3 is 1.43 bits per heavy atom. The summed E-state index contributed by atoms with van der Waals surface area (Å²) in [5.74, 6) is -3.35. The van der Waals surface area contributed by atoms with E-state index < -0.39 is 11.9 Å². The predicted molar refractivity (Wildman–Crippen MR) is 89.7 cm³/mol. The largest absolute Gasteiger partial charge is 0.506 e. The highest BCUT2D eigenvalue weighted by Crippen LogP contribution is 2.39. The van der Waals surface area contributed by atoms with Crippen molar-refractivity contribution in [3.8, 4) is 11.5 Å². The minimum Gasteiger partial charge on any atom is -0.506 e. The molecule has 0 fully saturated rings. The summed E-state index contributed by atoms with van der Waals surface area (Å²) >= 11 is 7.23. The number of carboxylic acid groups (broad SMARTS) is 2. The number of phenols is 2. The Balaban J connectivity index is 2.48. The molecule has 0 heterocycles. The Bertz CT molecular complexity index is 754. The van der Waals surface area contributed by atoms with Crippen LogP contribution < -0.4 is 0 Å². The van der Waals surface area contributed by atoms with E-state index in [1.54, 1.807) is 0 Å². The summed E-state index contributed by atoms with van der Waals surface area (Å²) in [6.07, 6.45) is 0. The highest BCUT2D eigenvalue weighted by molar-refractivity contribution is 9.11. The van der Waals surface area contributed by atoms with Crippen LogP contribution in [0.3, 0.4) is 0 Å². The quantitative estimate of drug-likeness (QED) is 0.537. The van der Waals surface area contributed by atoms with Crippen LogP contribution in [-0.2, 0) is 0 Å². The molecule has 0 bridgehead atoms. The van der Waals surface area contributed by atoms with Gasteiger partial charge in [-0.15, -0.1) is 0 Å². The molecular formula is C14H8Br2O6S. The van der Waals surface area contributed by atoms with E-state index in [2.05, 4.69) is 31.9 Å². The molecule has 9 heteroatoms. The maximum atomic E-state index is 11.1. The zero-order valence-corrected chi connectivity index (χ0v) is 15.1. The molecule has 0 aliphatic heterocycles. The lowest BCUT2D eigenvalue weighted by molar-refractivity contribution is 0.0682. The molecule has 0 saturated carbocycles. The van der Waals surface area contributed by atoms with Crippen molar-refractivity contribution in [2.75, 3.05) is 0 Å². The van der Waals surface area contributed by atoms with Crippen molar-refractivity contribution in [1.29, 1.82) is 0 Å². The summed E-state index contributed by atoms with van der Waals surface area (Å²) < 4.78 is 0.410. The van der Waals surface area contributed by atoms with Gasteiger partial charge in [0.1, 0.15) is 22.6 Å². The first-order chi connectivity index (χ1) is 10.7. The Hall–Kier alpha value is -1.71. The van der Waals surface area contributed by atoms with Gasteiger partial charge in [-0.05, 0) is 56.1 Å². The molecule has 2 rings (SSSR count). The molecule has 0 aliphatic carbocycles. The molecule has 0 radical (unpaired) electrons. The molecule has 0 spiro atoms. The fourth-order valence-corrected chi connectivity index (χ4v) is 3.93. The van der Waals surface area contributed by atoms with Gasteiger partial charge in [-0.3, -0.25) is 0 Å². The van der Waals surface area contributed by atoms with Crippen molar-refractivity contribution in [1.82, 2.24) is 0 Å². The molecule has 0 amide bonds. The smallest absolute Gasteiger partial charge is 0.339 e. The minimum atomic E-state index is -1.29. The van der Waals surface area contributed by atoms with Crippen LogP contribution in [0.15, 0.2) is 43.0 Å². The van der Waals surface area contributed by atoms with Crippen LogP contribution in [0.4, 0.5) is 0 Å². The number of halogens is 2. The maximum Gasteiger partial charge on any atom is 0.339 e. The van der Waals surface area contributed by atoms with Gasteiger partial charge in [0.05, 0.1) is 8.95 Å². The predicted octanol–water partition coefficient (Wildman–Crippen LogP) is 4.17. The number of hydrogen-bond donors (Lipinski definition) is 4. The van der Waals surface area contributed by atoms with Crippen molar-refractivity contribution >= 4 is 55.6 Å². The van der Waals surface area contributed by atoms with Gasteiger partial charge >= 0.3 is 11.9 Å². The summed E-state index contributed by atoms with van der Waals surface area (Å²) in [7, 11) is 0. The van der Waals surface area contributed by atoms with Crippen LogP contribution in [0.2, 0.25) is 0 Å². The molecule has 0 aromatic heterocycles. The van der Waals surface area contributed by atoms with Gasteiger partial charge in [0, 0.05) is 9.79 Å². The van der Waals surface area contributed by atoms with Crippen LogP contribution in [-0.4, -0.2) is 32.4 Å². The summed E-state index contributed by atoms with van der Waals surface area (Å²) in [5, 5.41) is 37.5. The van der Waals surface area contributed by atoms with Gasteiger partial charge in [-0.2, -0.15) is 0 Å². The van der Waals surface area contributed by atoms with E-state index in [-0.39, 0.29) is 31.6 Å². The van der Waals surface area contributed by atoms with Crippen molar-refractivity contribution in [3.63, 3.8) is 0 Å². The number of benzene rings is 2. The lowest BCUT2D eigenvalue weighted by atomic mass is 10.2. The van der Waals surface area contributed by atoms with E-state index >= 15 is 0 Å². The molecule has 0 aliphatic rings. The number of hydrogen-bond acceptors (Lipinski definition) is 5. The fraction of sp³-hybridized carbons (Fsp3) is 0. The fourth-order valence-electron chi connectivity index (χ4n) is 1.73. The molecule has 0 saturated heterocycles. The van der Waals surface area contributed by atoms with E-state index in [1.165, 1.54) is 24.3 Å². The number of carboxylic acids is 2. The van der Waals surface area contributed by atoms with Crippen LogP contribution in [0.1, 0.15) is 20.7 Å². The highest BCUT2D eigenvalue weighted by atomic mass is 79.9. The summed E-state index contributed by atoms with van der Waals surface area (Å²) in [5.41, 5.74) is -0.559. The maximum absolute atomic E-state index is 11.1. The standard InChI is InChI=1S/C14H8Br2O6S/c15-9-3-5(1-7(11(9)17)13(19)20)23-6-2-8(14(21)22)12(18)10(16)4-6/h1-4,17-18H,(H,19,20)(H,21,22). The molecule has 0 atom stereocenters. The molecule has 120 valence electrons. The first-order valence-corrected chi connectivity index (χ1v) is 8.30.